The maximum atomic E-state index is 8.93. The number of fused-ring (bicyclic) bond motifs is 1. The summed E-state index contributed by atoms with van der Waals surface area (Å²) in [5.74, 6) is 0.844. The van der Waals surface area contributed by atoms with Gasteiger partial charge in [-0.1, -0.05) is 40.2 Å². The van der Waals surface area contributed by atoms with Gasteiger partial charge in [0, 0.05) is 28.0 Å². The zero-order chi connectivity index (χ0) is 14.7. The van der Waals surface area contributed by atoms with Crippen LogP contribution in [-0.4, -0.2) is 4.98 Å². The molecule has 0 saturated heterocycles. The molecule has 0 bridgehead atoms. The number of nitrogens with zero attached hydrogens (tertiary/aromatic N) is 2. The molecule has 102 valence electrons. The van der Waals surface area contributed by atoms with E-state index in [0.717, 1.165) is 26.6 Å². The van der Waals surface area contributed by atoms with Crippen molar-refractivity contribution in [2.75, 3.05) is 5.32 Å². The molecular weight excluding hydrogens is 326 g/mol. The van der Waals surface area contributed by atoms with Crippen molar-refractivity contribution in [3.8, 4) is 6.07 Å². The van der Waals surface area contributed by atoms with Crippen molar-refractivity contribution in [1.29, 1.82) is 5.26 Å². The lowest BCUT2D eigenvalue weighted by Crippen LogP contribution is -2.02. The largest absolute Gasteiger partial charge is 0.365 e. The molecule has 3 nitrogen and oxygen atoms in total. The molecule has 3 rings (SSSR count). The van der Waals surface area contributed by atoms with Gasteiger partial charge in [-0.2, -0.15) is 5.26 Å². The van der Waals surface area contributed by atoms with Gasteiger partial charge >= 0.3 is 0 Å². The fraction of sp³-hybridized carbons (Fsp3) is 0.0588. The van der Waals surface area contributed by atoms with Gasteiger partial charge in [0.15, 0.2) is 0 Å². The van der Waals surface area contributed by atoms with Crippen LogP contribution in [0.4, 0.5) is 5.82 Å². The molecule has 0 amide bonds. The van der Waals surface area contributed by atoms with Crippen LogP contribution in [0.2, 0.25) is 0 Å². The summed E-state index contributed by atoms with van der Waals surface area (Å²) in [4.78, 5) is 4.41. The Morgan fingerprint density at radius 1 is 1.10 bits per heavy atom. The molecule has 0 spiro atoms. The normalized spacial score (nSPS) is 10.3. The van der Waals surface area contributed by atoms with Crippen LogP contribution in [0.5, 0.6) is 0 Å². The molecule has 1 N–H and O–H groups in total. The van der Waals surface area contributed by atoms with Gasteiger partial charge in [0.1, 0.15) is 5.82 Å². The van der Waals surface area contributed by atoms with Crippen LogP contribution in [0, 0.1) is 11.3 Å². The summed E-state index contributed by atoms with van der Waals surface area (Å²) in [6.07, 6.45) is 1.79. The van der Waals surface area contributed by atoms with Crippen LogP contribution < -0.4 is 5.32 Å². The topological polar surface area (TPSA) is 48.7 Å². The molecule has 1 aromatic heterocycles. The number of nitriles is 1. The predicted octanol–water partition coefficient (Wildman–Crippen LogP) is 4.48. The monoisotopic (exact) mass is 337 g/mol. The first-order valence-electron chi connectivity index (χ1n) is 6.54. The van der Waals surface area contributed by atoms with E-state index in [4.69, 9.17) is 5.26 Å². The average Bonchev–Trinajstić information content (AvgIpc) is 2.53. The molecule has 2 aromatic carbocycles. The number of anilines is 1. The van der Waals surface area contributed by atoms with Crippen LogP contribution >= 0.6 is 15.9 Å². The van der Waals surface area contributed by atoms with Gasteiger partial charge in [-0.05, 0) is 29.8 Å². The predicted molar refractivity (Wildman–Crippen MR) is 87.9 cm³/mol. The van der Waals surface area contributed by atoms with E-state index in [-0.39, 0.29) is 0 Å². The molecule has 0 aliphatic carbocycles. The highest BCUT2D eigenvalue weighted by molar-refractivity contribution is 9.10. The van der Waals surface area contributed by atoms with Crippen molar-refractivity contribution in [3.63, 3.8) is 0 Å². The number of hydrogen-bond donors (Lipinski definition) is 1. The number of hydrogen-bond acceptors (Lipinski definition) is 3. The van der Waals surface area contributed by atoms with Crippen molar-refractivity contribution < 1.29 is 0 Å². The summed E-state index contributed by atoms with van der Waals surface area (Å²) < 4.78 is 1.05. The number of benzene rings is 2. The van der Waals surface area contributed by atoms with Crippen LogP contribution in [0.1, 0.15) is 11.1 Å². The van der Waals surface area contributed by atoms with Crippen molar-refractivity contribution in [1.82, 2.24) is 4.98 Å². The lowest BCUT2D eigenvalue weighted by atomic mass is 10.1. The average molecular weight is 338 g/mol. The highest BCUT2D eigenvalue weighted by atomic mass is 79.9. The first-order chi connectivity index (χ1) is 10.3. The molecular formula is C17H12BrN3. The van der Waals surface area contributed by atoms with Crippen LogP contribution in [0.15, 0.2) is 59.2 Å². The molecule has 0 unspecified atom stereocenters. The Hall–Kier alpha value is -2.38. The number of nitrogens with one attached hydrogen (secondary N) is 1. The molecule has 0 aliphatic rings. The maximum Gasteiger partial charge on any atom is 0.134 e. The minimum absolute atomic E-state index is 0.633. The Morgan fingerprint density at radius 3 is 2.81 bits per heavy atom. The Kier molecular flexibility index (Phi) is 3.85. The maximum absolute atomic E-state index is 8.93. The fourth-order valence-corrected chi connectivity index (χ4v) is 2.74. The zero-order valence-electron chi connectivity index (χ0n) is 11.2. The van der Waals surface area contributed by atoms with Crippen LogP contribution in [-0.2, 0) is 6.54 Å². The number of rotatable bonds is 3. The van der Waals surface area contributed by atoms with Gasteiger partial charge in [-0.25, -0.2) is 4.98 Å². The highest BCUT2D eigenvalue weighted by Crippen LogP contribution is 2.27. The van der Waals surface area contributed by atoms with E-state index < -0.39 is 0 Å². The van der Waals surface area contributed by atoms with E-state index in [9.17, 15) is 0 Å². The molecule has 0 radical (unpaired) electrons. The van der Waals surface area contributed by atoms with Crippen molar-refractivity contribution in [2.45, 2.75) is 6.54 Å². The summed E-state index contributed by atoms with van der Waals surface area (Å²) in [6, 6.07) is 17.8. The SMILES string of the molecule is N#Cc1cccc(CNc2nccc3c(Br)cccc23)c1. The number of aromatic nitrogens is 1. The second-order valence-corrected chi connectivity index (χ2v) is 5.51. The fourth-order valence-electron chi connectivity index (χ4n) is 2.25. The van der Waals surface area contributed by atoms with E-state index in [1.165, 1.54) is 0 Å². The summed E-state index contributed by atoms with van der Waals surface area (Å²) in [5.41, 5.74) is 1.73. The lowest BCUT2D eigenvalue weighted by molar-refractivity contribution is 1.12. The van der Waals surface area contributed by atoms with E-state index in [1.54, 1.807) is 12.3 Å². The van der Waals surface area contributed by atoms with Gasteiger partial charge in [-0.3, -0.25) is 0 Å². The molecule has 0 atom stereocenters. The van der Waals surface area contributed by atoms with Gasteiger partial charge in [-0.15, -0.1) is 0 Å². The highest BCUT2D eigenvalue weighted by Gasteiger charge is 2.04. The van der Waals surface area contributed by atoms with Gasteiger partial charge in [0.25, 0.3) is 0 Å². The van der Waals surface area contributed by atoms with E-state index in [2.05, 4.69) is 32.3 Å². The standard InChI is InChI=1S/C17H12BrN3/c18-16-6-2-5-15-14(16)7-8-20-17(15)21-11-13-4-1-3-12(9-13)10-19/h1-9H,11H2,(H,20,21). The summed E-state index contributed by atoms with van der Waals surface area (Å²) >= 11 is 3.55. The zero-order valence-corrected chi connectivity index (χ0v) is 12.8. The van der Waals surface area contributed by atoms with Gasteiger partial charge in [0.05, 0.1) is 11.6 Å². The van der Waals surface area contributed by atoms with Crippen LogP contribution in [0.3, 0.4) is 0 Å². The molecule has 0 aliphatic heterocycles. The van der Waals surface area contributed by atoms with Crippen molar-refractivity contribution in [2.24, 2.45) is 0 Å². The second kappa shape index (κ2) is 5.94. The van der Waals surface area contributed by atoms with Crippen LogP contribution in [0.25, 0.3) is 10.8 Å². The van der Waals surface area contributed by atoms with Gasteiger partial charge < -0.3 is 5.32 Å². The quantitative estimate of drug-likeness (QED) is 0.766. The van der Waals surface area contributed by atoms with Gasteiger partial charge in [0.2, 0.25) is 0 Å². The smallest absolute Gasteiger partial charge is 0.134 e. The van der Waals surface area contributed by atoms with E-state index >= 15 is 0 Å². The molecule has 1 heterocycles. The lowest BCUT2D eigenvalue weighted by Gasteiger charge is -2.09. The summed E-state index contributed by atoms with van der Waals surface area (Å²) in [5, 5.41) is 14.5. The minimum atomic E-state index is 0.633. The Bertz CT molecular complexity index is 837. The van der Waals surface area contributed by atoms with E-state index in [1.807, 2.05) is 42.5 Å². The molecule has 0 fully saturated rings. The first-order valence-corrected chi connectivity index (χ1v) is 7.33. The first kappa shape index (κ1) is 13.6. The Balaban J connectivity index is 1.89. The Labute approximate surface area is 131 Å². The van der Waals surface area contributed by atoms with Crippen molar-refractivity contribution in [3.05, 3.63) is 70.3 Å². The van der Waals surface area contributed by atoms with Crippen molar-refractivity contribution >= 4 is 32.5 Å². The third-order valence-corrected chi connectivity index (χ3v) is 3.96. The molecule has 0 saturated carbocycles. The summed E-state index contributed by atoms with van der Waals surface area (Å²) in [7, 11) is 0. The minimum Gasteiger partial charge on any atom is -0.365 e. The number of halogens is 1. The van der Waals surface area contributed by atoms with E-state index in [0.29, 0.717) is 12.1 Å². The number of pyridine rings is 1. The molecule has 4 heteroatoms. The molecule has 21 heavy (non-hydrogen) atoms. The molecule has 3 aromatic rings. The Morgan fingerprint density at radius 2 is 1.95 bits per heavy atom. The summed E-state index contributed by atoms with van der Waals surface area (Å²) in [6.45, 7) is 0.633. The second-order valence-electron chi connectivity index (χ2n) is 4.66. The third kappa shape index (κ3) is 2.88. The third-order valence-electron chi connectivity index (χ3n) is 3.27.